The second kappa shape index (κ2) is 7.09. The molecule has 1 aliphatic heterocycles. The minimum atomic E-state index is -3.66. The van der Waals surface area contributed by atoms with Crippen LogP contribution in [0.4, 0.5) is 11.4 Å². The van der Waals surface area contributed by atoms with Crippen molar-refractivity contribution in [2.75, 3.05) is 22.4 Å². The maximum atomic E-state index is 12.5. The summed E-state index contributed by atoms with van der Waals surface area (Å²) in [5.41, 5.74) is 0.706. The van der Waals surface area contributed by atoms with Crippen LogP contribution < -0.4 is 14.4 Å². The fourth-order valence-electron chi connectivity index (χ4n) is 2.59. The van der Waals surface area contributed by atoms with Gasteiger partial charge in [-0.1, -0.05) is 11.6 Å². The SMILES string of the molecule is CS(=O)(=O)N1CC(C(=O)Nc2ccc(C(=O)O)cc2)Oc2ccc(Cl)cc21. The van der Waals surface area contributed by atoms with Crippen molar-refractivity contribution < 1.29 is 27.9 Å². The predicted octanol–water partition coefficient (Wildman–Crippen LogP) is 2.20. The van der Waals surface area contributed by atoms with Gasteiger partial charge >= 0.3 is 5.97 Å². The molecule has 1 amide bonds. The predicted molar refractivity (Wildman–Crippen MR) is 100 cm³/mol. The van der Waals surface area contributed by atoms with Crippen LogP contribution in [0.2, 0.25) is 5.02 Å². The first-order valence-corrected chi connectivity index (χ1v) is 9.96. The molecular weight excluding hydrogens is 396 g/mol. The summed E-state index contributed by atoms with van der Waals surface area (Å²) in [6, 6.07) is 10.1. The lowest BCUT2D eigenvalue weighted by molar-refractivity contribution is -0.122. The molecule has 1 unspecified atom stereocenters. The van der Waals surface area contributed by atoms with E-state index < -0.39 is 28.0 Å². The molecule has 0 aliphatic carbocycles. The molecule has 2 N–H and O–H groups in total. The average Bonchev–Trinajstić information content (AvgIpc) is 2.60. The quantitative estimate of drug-likeness (QED) is 0.798. The van der Waals surface area contributed by atoms with Crippen molar-refractivity contribution in [3.05, 3.63) is 53.1 Å². The highest BCUT2D eigenvalue weighted by Gasteiger charge is 2.35. The summed E-state index contributed by atoms with van der Waals surface area (Å²) in [6.07, 6.45) is -0.0599. The second-order valence-corrected chi connectivity index (χ2v) is 8.23. The van der Waals surface area contributed by atoms with E-state index in [0.717, 1.165) is 10.6 Å². The van der Waals surface area contributed by atoms with Crippen LogP contribution in [0, 0.1) is 0 Å². The van der Waals surface area contributed by atoms with E-state index in [1.165, 1.54) is 42.5 Å². The molecule has 1 atom stereocenters. The number of hydrogen-bond donors (Lipinski definition) is 2. The molecule has 0 spiro atoms. The van der Waals surface area contributed by atoms with Crippen LogP contribution in [0.25, 0.3) is 0 Å². The lowest BCUT2D eigenvalue weighted by Crippen LogP contribution is -2.48. The molecule has 2 aromatic carbocycles. The first-order valence-electron chi connectivity index (χ1n) is 7.73. The number of hydrogen-bond acceptors (Lipinski definition) is 5. The molecule has 1 heterocycles. The summed E-state index contributed by atoms with van der Waals surface area (Å²) in [5.74, 6) is -1.42. The highest BCUT2D eigenvalue weighted by molar-refractivity contribution is 7.92. The van der Waals surface area contributed by atoms with E-state index in [2.05, 4.69) is 5.32 Å². The maximum Gasteiger partial charge on any atom is 0.335 e. The molecule has 142 valence electrons. The molecule has 2 aromatic rings. The van der Waals surface area contributed by atoms with Crippen molar-refractivity contribution >= 4 is 44.9 Å². The molecule has 1 aliphatic rings. The molecule has 10 heteroatoms. The zero-order valence-electron chi connectivity index (χ0n) is 14.0. The van der Waals surface area contributed by atoms with Crippen molar-refractivity contribution in [1.82, 2.24) is 0 Å². The fourth-order valence-corrected chi connectivity index (χ4v) is 3.67. The van der Waals surface area contributed by atoms with E-state index >= 15 is 0 Å². The number of halogens is 1. The van der Waals surface area contributed by atoms with Gasteiger partial charge in [-0.15, -0.1) is 0 Å². The molecular formula is C17H15ClN2O6S. The Morgan fingerprint density at radius 1 is 1.22 bits per heavy atom. The van der Waals surface area contributed by atoms with Gasteiger partial charge in [0.1, 0.15) is 5.75 Å². The number of nitrogens with zero attached hydrogens (tertiary/aromatic N) is 1. The van der Waals surface area contributed by atoms with Gasteiger partial charge in [-0.2, -0.15) is 0 Å². The third kappa shape index (κ3) is 4.15. The van der Waals surface area contributed by atoms with Crippen molar-refractivity contribution in [3.8, 4) is 5.75 Å². The Balaban J connectivity index is 1.83. The standard InChI is InChI=1S/C17H15ClN2O6S/c1-27(24,25)20-9-15(26-14-7-4-11(18)8-13(14)20)16(21)19-12-5-2-10(3-6-12)17(22)23/h2-8,15H,9H2,1H3,(H,19,21)(H,22,23). The molecule has 0 saturated carbocycles. The number of sulfonamides is 1. The van der Waals surface area contributed by atoms with Crippen molar-refractivity contribution in [1.29, 1.82) is 0 Å². The molecule has 3 rings (SSSR count). The first kappa shape index (κ1) is 19.0. The molecule has 27 heavy (non-hydrogen) atoms. The molecule has 8 nitrogen and oxygen atoms in total. The van der Waals surface area contributed by atoms with Crippen LogP contribution in [-0.2, 0) is 14.8 Å². The van der Waals surface area contributed by atoms with Gasteiger partial charge in [0.15, 0.2) is 6.10 Å². The highest BCUT2D eigenvalue weighted by Crippen LogP contribution is 2.37. The normalized spacial score (nSPS) is 16.2. The number of nitrogens with one attached hydrogen (secondary N) is 1. The number of ether oxygens (including phenoxy) is 1. The van der Waals surface area contributed by atoms with E-state index in [4.69, 9.17) is 21.4 Å². The largest absolute Gasteiger partial charge is 0.478 e. The summed E-state index contributed by atoms with van der Waals surface area (Å²) in [5, 5.41) is 11.8. The Morgan fingerprint density at radius 2 is 1.89 bits per heavy atom. The summed E-state index contributed by atoms with van der Waals surface area (Å²) in [7, 11) is -3.66. The molecule has 0 fully saturated rings. The van der Waals surface area contributed by atoms with Crippen LogP contribution in [0.1, 0.15) is 10.4 Å². The van der Waals surface area contributed by atoms with E-state index in [0.29, 0.717) is 10.7 Å². The molecule has 0 radical (unpaired) electrons. The number of benzene rings is 2. The summed E-state index contributed by atoms with van der Waals surface area (Å²) in [4.78, 5) is 23.4. The Labute approximate surface area is 160 Å². The van der Waals surface area contributed by atoms with Gasteiger partial charge < -0.3 is 15.2 Å². The Morgan fingerprint density at radius 3 is 2.48 bits per heavy atom. The number of carboxylic acid groups (broad SMARTS) is 1. The van der Waals surface area contributed by atoms with Gasteiger partial charge in [0.2, 0.25) is 10.0 Å². The maximum absolute atomic E-state index is 12.5. The van der Waals surface area contributed by atoms with E-state index in [9.17, 15) is 18.0 Å². The number of aromatic carboxylic acids is 1. The number of carbonyl (C=O) groups is 2. The second-order valence-electron chi connectivity index (χ2n) is 5.88. The Bertz CT molecular complexity index is 1010. The molecule has 0 saturated heterocycles. The van der Waals surface area contributed by atoms with Crippen LogP contribution in [-0.4, -0.2) is 44.3 Å². The van der Waals surface area contributed by atoms with Gasteiger partial charge in [0.05, 0.1) is 24.1 Å². The number of carboxylic acids is 1. The number of rotatable bonds is 4. The fraction of sp³-hybridized carbons (Fsp3) is 0.176. The average molecular weight is 411 g/mol. The zero-order valence-corrected chi connectivity index (χ0v) is 15.6. The number of carbonyl (C=O) groups excluding carboxylic acids is 1. The zero-order chi connectivity index (χ0) is 19.8. The summed E-state index contributed by atoms with van der Waals surface area (Å²) >= 11 is 5.94. The third-order valence-electron chi connectivity index (χ3n) is 3.88. The van der Waals surface area contributed by atoms with E-state index in [1.807, 2.05) is 0 Å². The van der Waals surface area contributed by atoms with Gasteiger partial charge in [-0.25, -0.2) is 13.2 Å². The smallest absolute Gasteiger partial charge is 0.335 e. The van der Waals surface area contributed by atoms with E-state index in [-0.39, 0.29) is 23.5 Å². The van der Waals surface area contributed by atoms with Gasteiger partial charge in [0.25, 0.3) is 5.91 Å². The van der Waals surface area contributed by atoms with Crippen LogP contribution in [0.5, 0.6) is 5.75 Å². The van der Waals surface area contributed by atoms with Crippen LogP contribution >= 0.6 is 11.6 Å². The van der Waals surface area contributed by atoms with Crippen LogP contribution in [0.15, 0.2) is 42.5 Å². The van der Waals surface area contributed by atoms with Gasteiger partial charge in [0, 0.05) is 10.7 Å². The van der Waals surface area contributed by atoms with Crippen molar-refractivity contribution in [3.63, 3.8) is 0 Å². The van der Waals surface area contributed by atoms with Gasteiger partial charge in [-0.05, 0) is 42.5 Å². The monoisotopic (exact) mass is 410 g/mol. The van der Waals surface area contributed by atoms with E-state index in [1.54, 1.807) is 0 Å². The Hall–Kier alpha value is -2.78. The minimum absolute atomic E-state index is 0.0796. The van der Waals surface area contributed by atoms with Crippen LogP contribution in [0.3, 0.4) is 0 Å². The van der Waals surface area contributed by atoms with Gasteiger partial charge in [-0.3, -0.25) is 9.10 Å². The lowest BCUT2D eigenvalue weighted by Gasteiger charge is -2.34. The lowest BCUT2D eigenvalue weighted by atomic mass is 10.2. The minimum Gasteiger partial charge on any atom is -0.478 e. The summed E-state index contributed by atoms with van der Waals surface area (Å²) < 4.78 is 31.0. The third-order valence-corrected chi connectivity index (χ3v) is 5.26. The Kier molecular flexibility index (Phi) is 4.99. The highest BCUT2D eigenvalue weighted by atomic mass is 35.5. The van der Waals surface area contributed by atoms with Crippen molar-refractivity contribution in [2.24, 2.45) is 0 Å². The number of amides is 1. The topological polar surface area (TPSA) is 113 Å². The molecule has 0 aromatic heterocycles. The molecule has 0 bridgehead atoms. The number of anilines is 2. The number of fused-ring (bicyclic) bond motifs is 1. The van der Waals surface area contributed by atoms with Crippen molar-refractivity contribution in [2.45, 2.75) is 6.10 Å². The summed E-state index contributed by atoms with van der Waals surface area (Å²) in [6.45, 7) is -0.217. The first-order chi connectivity index (χ1) is 12.6.